The quantitative estimate of drug-likeness (QED) is 0.127. The Kier molecular flexibility index (Phi) is 13.1. The number of nitriles is 1. The van der Waals surface area contributed by atoms with Gasteiger partial charge in [0, 0.05) is 18.5 Å². The molecule has 1 aromatic rings. The molecule has 3 N–H and O–H groups in total. The molecule has 0 aliphatic carbocycles. The Hall–Kier alpha value is -3.43. The zero-order valence-corrected chi connectivity index (χ0v) is 20.6. The summed E-state index contributed by atoms with van der Waals surface area (Å²) < 4.78 is 6.07. The Labute approximate surface area is 205 Å². The minimum absolute atomic E-state index is 0.0174. The lowest BCUT2D eigenvalue weighted by Crippen LogP contribution is -2.50. The number of nitrogens with one attached hydrogen (secondary N) is 2. The highest BCUT2D eigenvalue weighted by atomic mass is 16.9. The van der Waals surface area contributed by atoms with Crippen LogP contribution in [0.2, 0.25) is 0 Å². The lowest BCUT2D eigenvalue weighted by molar-refractivity contribution is -0.892. The predicted octanol–water partition coefficient (Wildman–Crippen LogP) is 1.61. The largest absolute Gasteiger partial charge is 0.489 e. The molecule has 1 rings (SSSR count). The van der Waals surface area contributed by atoms with E-state index in [1.165, 1.54) is 6.07 Å². The highest BCUT2D eigenvalue weighted by molar-refractivity contribution is 5.91. The van der Waals surface area contributed by atoms with Gasteiger partial charge in [-0.15, -0.1) is 10.1 Å². The maximum atomic E-state index is 11.9. The summed E-state index contributed by atoms with van der Waals surface area (Å²) in [6.07, 6.45) is 1.48. The van der Waals surface area contributed by atoms with Crippen molar-refractivity contribution < 1.29 is 33.8 Å². The van der Waals surface area contributed by atoms with Crippen LogP contribution in [0.5, 0.6) is 5.75 Å². The SMILES string of the molecule is CCCC(=O)Nc1ccc(OCC(O)C[N+](C)(C)CCNC(=O)CCCCO[N+](=O)[O-])c(C#N)c1. The summed E-state index contributed by atoms with van der Waals surface area (Å²) in [7, 11) is 3.83. The van der Waals surface area contributed by atoms with Crippen LogP contribution in [-0.4, -0.2) is 79.5 Å². The zero-order valence-electron chi connectivity index (χ0n) is 20.6. The monoisotopic (exact) mass is 494 g/mol. The number of quaternary nitrogens is 1. The fourth-order valence-corrected chi connectivity index (χ4v) is 3.29. The molecule has 1 aromatic carbocycles. The summed E-state index contributed by atoms with van der Waals surface area (Å²) in [6.45, 7) is 3.21. The van der Waals surface area contributed by atoms with Gasteiger partial charge in [0.25, 0.3) is 5.09 Å². The van der Waals surface area contributed by atoms with Crippen LogP contribution in [0.3, 0.4) is 0 Å². The summed E-state index contributed by atoms with van der Waals surface area (Å²) in [5.41, 5.74) is 0.769. The van der Waals surface area contributed by atoms with Gasteiger partial charge in [0.05, 0.1) is 39.4 Å². The molecule has 0 spiro atoms. The molecule has 0 saturated carbocycles. The van der Waals surface area contributed by atoms with Crippen LogP contribution in [0.15, 0.2) is 18.2 Å². The summed E-state index contributed by atoms with van der Waals surface area (Å²) in [5.74, 6) is 0.0496. The molecular formula is C23H36N5O7+. The third-order valence-corrected chi connectivity index (χ3v) is 5.03. The highest BCUT2D eigenvalue weighted by Crippen LogP contribution is 2.22. The van der Waals surface area contributed by atoms with Crippen LogP contribution >= 0.6 is 0 Å². The van der Waals surface area contributed by atoms with Crippen LogP contribution in [-0.2, 0) is 14.4 Å². The molecule has 0 fully saturated rings. The molecule has 35 heavy (non-hydrogen) atoms. The Morgan fingerprint density at radius 3 is 2.66 bits per heavy atom. The second-order valence-electron chi connectivity index (χ2n) is 8.79. The number of carbonyl (C=O) groups excluding carboxylic acids is 2. The molecule has 2 amide bonds. The van der Waals surface area contributed by atoms with E-state index in [1.807, 2.05) is 27.1 Å². The first-order chi connectivity index (χ1) is 16.6. The van der Waals surface area contributed by atoms with Crippen LogP contribution in [0.1, 0.15) is 44.6 Å². The van der Waals surface area contributed by atoms with Gasteiger partial charge in [-0.2, -0.15) is 5.26 Å². The van der Waals surface area contributed by atoms with E-state index in [-0.39, 0.29) is 37.0 Å². The summed E-state index contributed by atoms with van der Waals surface area (Å²) >= 11 is 0. The first kappa shape index (κ1) is 29.6. The number of unbranched alkanes of at least 4 members (excludes halogenated alkanes) is 1. The van der Waals surface area contributed by atoms with E-state index in [0.29, 0.717) is 54.8 Å². The number of ether oxygens (including phenoxy) is 1. The first-order valence-corrected chi connectivity index (χ1v) is 11.6. The average molecular weight is 495 g/mol. The smallest absolute Gasteiger partial charge is 0.294 e. The highest BCUT2D eigenvalue weighted by Gasteiger charge is 2.21. The Bertz CT molecular complexity index is 886. The maximum absolute atomic E-state index is 11.9. The maximum Gasteiger partial charge on any atom is 0.294 e. The van der Waals surface area contributed by atoms with Crippen molar-refractivity contribution in [2.24, 2.45) is 0 Å². The summed E-state index contributed by atoms with van der Waals surface area (Å²) in [6, 6.07) is 6.81. The zero-order chi connectivity index (χ0) is 26.3. The van der Waals surface area contributed by atoms with Gasteiger partial charge < -0.3 is 29.8 Å². The number of carbonyl (C=O) groups is 2. The van der Waals surface area contributed by atoms with Crippen LogP contribution in [0, 0.1) is 21.4 Å². The number of benzene rings is 1. The molecule has 1 unspecified atom stereocenters. The van der Waals surface area contributed by atoms with Crippen molar-refractivity contribution in [3.05, 3.63) is 33.9 Å². The third kappa shape index (κ3) is 13.1. The molecular weight excluding hydrogens is 458 g/mol. The lowest BCUT2D eigenvalue weighted by atomic mass is 10.2. The second-order valence-corrected chi connectivity index (χ2v) is 8.79. The number of likely N-dealkylation sites (N-methyl/N-ethyl adjacent to an activating group) is 1. The Morgan fingerprint density at radius 2 is 2.00 bits per heavy atom. The first-order valence-electron chi connectivity index (χ1n) is 11.6. The number of anilines is 1. The van der Waals surface area contributed by atoms with Crippen LogP contribution < -0.4 is 15.4 Å². The standard InChI is InChI=1S/C23H35N5O7/c1-4-7-23(31)26-19-9-10-21(18(14-19)15-24)34-17-20(29)16-28(2,3)12-11-25-22(30)8-5-6-13-35-27(32)33/h9-10,14,20,29H,4-8,11-13,16-17H2,1-3H3,(H-,25,26,30,31)/p+1. The summed E-state index contributed by atoms with van der Waals surface area (Å²) in [4.78, 5) is 37.9. The molecule has 0 aliphatic heterocycles. The van der Waals surface area contributed by atoms with Gasteiger partial charge in [-0.3, -0.25) is 9.59 Å². The summed E-state index contributed by atoms with van der Waals surface area (Å²) in [5, 5.41) is 34.6. The van der Waals surface area contributed by atoms with E-state index >= 15 is 0 Å². The number of nitrogens with zero attached hydrogens (tertiary/aromatic N) is 3. The van der Waals surface area contributed by atoms with Gasteiger partial charge in [-0.25, -0.2) is 0 Å². The molecule has 194 valence electrons. The molecule has 0 saturated heterocycles. The van der Waals surface area contributed by atoms with Crippen molar-refractivity contribution in [3.63, 3.8) is 0 Å². The van der Waals surface area contributed by atoms with E-state index in [1.54, 1.807) is 12.1 Å². The van der Waals surface area contributed by atoms with Gasteiger partial charge in [-0.05, 0) is 37.5 Å². The Morgan fingerprint density at radius 1 is 1.26 bits per heavy atom. The van der Waals surface area contributed by atoms with Gasteiger partial charge in [0.1, 0.15) is 31.1 Å². The molecule has 0 heterocycles. The third-order valence-electron chi connectivity index (χ3n) is 5.03. The number of hydrogen-bond donors (Lipinski definition) is 3. The van der Waals surface area contributed by atoms with Crippen molar-refractivity contribution in [2.75, 3.05) is 52.3 Å². The number of aliphatic hydroxyl groups excluding tert-OH is 1. The van der Waals surface area contributed by atoms with Crippen molar-refractivity contribution in [1.82, 2.24) is 5.32 Å². The normalized spacial score (nSPS) is 11.7. The second kappa shape index (κ2) is 15.5. The van der Waals surface area contributed by atoms with E-state index in [4.69, 9.17) is 4.74 Å². The number of aliphatic hydroxyl groups is 1. The van der Waals surface area contributed by atoms with Crippen LogP contribution in [0.25, 0.3) is 0 Å². The van der Waals surface area contributed by atoms with Crippen molar-refractivity contribution >= 4 is 17.5 Å². The predicted molar refractivity (Wildman–Crippen MR) is 128 cm³/mol. The number of rotatable bonds is 17. The average Bonchev–Trinajstić information content (AvgIpc) is 2.77. The van der Waals surface area contributed by atoms with Gasteiger partial charge in [-0.1, -0.05) is 6.92 Å². The van der Waals surface area contributed by atoms with Crippen molar-refractivity contribution in [2.45, 2.75) is 45.1 Å². The number of amides is 2. The Balaban J connectivity index is 2.40. The topological polar surface area (TPSA) is 164 Å². The van der Waals surface area contributed by atoms with Crippen molar-refractivity contribution in [1.29, 1.82) is 5.26 Å². The molecule has 12 heteroatoms. The van der Waals surface area contributed by atoms with E-state index in [0.717, 1.165) is 6.42 Å². The molecule has 0 aliphatic rings. The molecule has 12 nitrogen and oxygen atoms in total. The van der Waals surface area contributed by atoms with Gasteiger partial charge in [0.15, 0.2) is 0 Å². The fraction of sp³-hybridized carbons (Fsp3) is 0.609. The van der Waals surface area contributed by atoms with E-state index < -0.39 is 11.2 Å². The van der Waals surface area contributed by atoms with E-state index in [2.05, 4.69) is 15.5 Å². The van der Waals surface area contributed by atoms with E-state index in [9.17, 15) is 30.1 Å². The number of hydrogen-bond acceptors (Lipinski definition) is 8. The molecule has 0 bridgehead atoms. The minimum atomic E-state index is -0.853. The minimum Gasteiger partial charge on any atom is -0.489 e. The molecule has 1 atom stereocenters. The molecule has 0 radical (unpaired) electrons. The van der Waals surface area contributed by atoms with Crippen molar-refractivity contribution in [3.8, 4) is 11.8 Å². The van der Waals surface area contributed by atoms with Gasteiger partial charge >= 0.3 is 0 Å². The lowest BCUT2D eigenvalue weighted by Gasteiger charge is -2.31. The van der Waals surface area contributed by atoms with Crippen LogP contribution in [0.4, 0.5) is 5.69 Å². The molecule has 0 aromatic heterocycles. The fourth-order valence-electron chi connectivity index (χ4n) is 3.29. The van der Waals surface area contributed by atoms with Gasteiger partial charge in [0.2, 0.25) is 11.8 Å².